The summed E-state index contributed by atoms with van der Waals surface area (Å²) in [5.41, 5.74) is 1.82. The summed E-state index contributed by atoms with van der Waals surface area (Å²) in [6.07, 6.45) is 0.486. The highest BCUT2D eigenvalue weighted by Crippen LogP contribution is 2.33. The Morgan fingerprint density at radius 1 is 1.29 bits per heavy atom. The van der Waals surface area contributed by atoms with Gasteiger partial charge in [0.05, 0.1) is 30.2 Å². The number of amides is 2. The third-order valence-corrected chi connectivity index (χ3v) is 5.95. The normalized spacial score (nSPS) is 18.5. The van der Waals surface area contributed by atoms with E-state index >= 15 is 0 Å². The topological polar surface area (TPSA) is 96.4 Å². The van der Waals surface area contributed by atoms with Crippen molar-refractivity contribution >= 4 is 32.9 Å². The van der Waals surface area contributed by atoms with Crippen molar-refractivity contribution in [2.24, 2.45) is 0 Å². The molecule has 0 spiro atoms. The number of carbonyl (C=O) groups is 2. The van der Waals surface area contributed by atoms with Gasteiger partial charge in [-0.2, -0.15) is 8.42 Å². The quantitative estimate of drug-likeness (QED) is 0.673. The second-order valence-electron chi connectivity index (χ2n) is 7.91. The summed E-state index contributed by atoms with van der Waals surface area (Å²) in [6, 6.07) is 5.49. The number of hydrogen-bond acceptors (Lipinski definition) is 5. The maximum absolute atomic E-state index is 13.7. The highest BCUT2D eigenvalue weighted by atomic mass is 32.3. The molecule has 1 atom stereocenters. The Morgan fingerprint density at radius 3 is 2.65 bits per heavy atom. The van der Waals surface area contributed by atoms with Crippen molar-refractivity contribution in [1.82, 2.24) is 15.2 Å². The Morgan fingerprint density at radius 2 is 2.00 bits per heavy atom. The molecule has 0 radical (unpaired) electrons. The lowest BCUT2D eigenvalue weighted by molar-refractivity contribution is -0.131. The van der Waals surface area contributed by atoms with Crippen molar-refractivity contribution < 1.29 is 30.7 Å². The molecule has 0 aliphatic carbocycles. The number of aromatic nitrogens is 1. The number of rotatable bonds is 6. The minimum Gasteiger partial charge on any atom is -0.343 e. The van der Waals surface area contributed by atoms with Crippen LogP contribution < -0.4 is 5.32 Å². The van der Waals surface area contributed by atoms with Crippen LogP contribution in [0.3, 0.4) is 0 Å². The lowest BCUT2D eigenvalue weighted by Crippen LogP contribution is -2.45. The fraction of sp³-hybridized carbons (Fsp3) is 0.450. The first kappa shape index (κ1) is 23.0. The largest absolute Gasteiger partial charge is 0.343 e. The lowest BCUT2D eigenvalue weighted by atomic mass is 9.99. The molecular formula is C20H22F3N3O4S. The van der Waals surface area contributed by atoms with Gasteiger partial charge in [0.25, 0.3) is 11.8 Å². The molecule has 0 bridgehead atoms. The highest BCUT2D eigenvalue weighted by Gasteiger charge is 2.48. The minimum absolute atomic E-state index is 0.211. The molecule has 1 aromatic heterocycles. The van der Waals surface area contributed by atoms with Gasteiger partial charge in [-0.15, -0.1) is 3.89 Å². The maximum atomic E-state index is 13.7. The van der Waals surface area contributed by atoms with Crippen molar-refractivity contribution in [2.45, 2.75) is 38.2 Å². The van der Waals surface area contributed by atoms with E-state index in [4.69, 9.17) is 0 Å². The molecule has 1 aliphatic rings. The highest BCUT2D eigenvalue weighted by molar-refractivity contribution is 7.86. The molecule has 168 valence electrons. The second-order valence-corrected chi connectivity index (χ2v) is 9.32. The summed E-state index contributed by atoms with van der Waals surface area (Å²) in [6.45, 7) is 2.33. The van der Waals surface area contributed by atoms with Gasteiger partial charge in [-0.05, 0) is 29.7 Å². The molecule has 1 unspecified atom stereocenters. The number of hydrogen-bond donors (Lipinski definition) is 1. The fourth-order valence-electron chi connectivity index (χ4n) is 3.64. The molecule has 2 aromatic rings. The summed E-state index contributed by atoms with van der Waals surface area (Å²) in [4.78, 5) is 29.9. The predicted molar refractivity (Wildman–Crippen MR) is 108 cm³/mol. The minimum atomic E-state index is -5.06. The molecule has 2 heterocycles. The van der Waals surface area contributed by atoms with Gasteiger partial charge < -0.3 is 10.2 Å². The summed E-state index contributed by atoms with van der Waals surface area (Å²) >= 11 is 0. The van der Waals surface area contributed by atoms with E-state index in [-0.39, 0.29) is 11.5 Å². The number of nitrogens with zero attached hydrogens (tertiary/aromatic N) is 2. The first-order valence-corrected chi connectivity index (χ1v) is 11.2. The van der Waals surface area contributed by atoms with Gasteiger partial charge in [0.15, 0.2) is 0 Å². The van der Waals surface area contributed by atoms with E-state index in [1.807, 2.05) is 26.0 Å². The Labute approximate surface area is 177 Å². The first-order chi connectivity index (χ1) is 14.4. The van der Waals surface area contributed by atoms with Crippen molar-refractivity contribution in [3.05, 3.63) is 41.6 Å². The van der Waals surface area contributed by atoms with Crippen LogP contribution in [-0.2, 0) is 15.0 Å². The monoisotopic (exact) mass is 457 g/mol. The van der Waals surface area contributed by atoms with E-state index in [9.17, 15) is 30.7 Å². The van der Waals surface area contributed by atoms with Crippen LogP contribution in [0.25, 0.3) is 10.9 Å². The molecule has 1 aliphatic heterocycles. The first-order valence-electron chi connectivity index (χ1n) is 9.63. The van der Waals surface area contributed by atoms with Gasteiger partial charge in [0.2, 0.25) is 5.91 Å². The second kappa shape index (κ2) is 8.45. The zero-order valence-electron chi connectivity index (χ0n) is 16.9. The van der Waals surface area contributed by atoms with Crippen LogP contribution in [0.5, 0.6) is 0 Å². The van der Waals surface area contributed by atoms with E-state index in [0.29, 0.717) is 15.8 Å². The molecule has 31 heavy (non-hydrogen) atoms. The van der Waals surface area contributed by atoms with Gasteiger partial charge in [-0.3, -0.25) is 14.6 Å². The number of benzene rings is 1. The van der Waals surface area contributed by atoms with Crippen LogP contribution in [0.15, 0.2) is 30.5 Å². The molecule has 0 saturated carbocycles. The van der Waals surface area contributed by atoms with Crippen LogP contribution >= 0.6 is 0 Å². The maximum Gasteiger partial charge on any atom is 0.304 e. The number of pyridine rings is 1. The molecule has 11 heteroatoms. The van der Waals surface area contributed by atoms with E-state index in [0.717, 1.165) is 5.56 Å². The molecule has 7 nitrogen and oxygen atoms in total. The third kappa shape index (κ3) is 5.52. The lowest BCUT2D eigenvalue weighted by Gasteiger charge is -2.23. The standard InChI is InChI=1S/C20H22F3N3O4S/c1-12(2)13-3-4-17-16(7-13)15(5-6-24-17)19(28)25-9-18(27)26-11-20(21,22)8-14(26)10-31(23,29)30/h3-7,12,14H,8-11H2,1-2H3,(H,25,28). The van der Waals surface area contributed by atoms with Crippen molar-refractivity contribution in [3.63, 3.8) is 0 Å². The van der Waals surface area contributed by atoms with Crippen LogP contribution in [0, 0.1) is 0 Å². The summed E-state index contributed by atoms with van der Waals surface area (Å²) in [5.74, 6) is -5.86. The number of fused-ring (bicyclic) bond motifs is 1. The van der Waals surface area contributed by atoms with E-state index in [1.54, 1.807) is 6.07 Å². The molecule has 1 fully saturated rings. The molecule has 3 rings (SSSR count). The smallest absolute Gasteiger partial charge is 0.304 e. The molecule has 1 aromatic carbocycles. The van der Waals surface area contributed by atoms with Crippen LogP contribution in [0.2, 0.25) is 0 Å². The van der Waals surface area contributed by atoms with Gasteiger partial charge in [0, 0.05) is 18.0 Å². The third-order valence-electron chi connectivity index (χ3n) is 5.17. The molecular weight excluding hydrogens is 435 g/mol. The Bertz CT molecular complexity index is 1120. The molecule has 1 N–H and O–H groups in total. The van der Waals surface area contributed by atoms with Crippen molar-refractivity contribution in [1.29, 1.82) is 0 Å². The number of carbonyl (C=O) groups excluding carboxylic acids is 2. The van der Waals surface area contributed by atoms with Crippen LogP contribution in [-0.4, -0.2) is 60.9 Å². The number of halogens is 3. The number of alkyl halides is 2. The predicted octanol–water partition coefficient (Wildman–Crippen LogP) is 2.62. The van der Waals surface area contributed by atoms with Gasteiger partial charge in [-0.25, -0.2) is 8.78 Å². The van der Waals surface area contributed by atoms with Gasteiger partial charge in [-0.1, -0.05) is 19.9 Å². The van der Waals surface area contributed by atoms with Crippen molar-refractivity contribution in [2.75, 3.05) is 18.8 Å². The Hall–Kier alpha value is -2.69. The average molecular weight is 457 g/mol. The summed E-state index contributed by atoms with van der Waals surface area (Å²) < 4.78 is 62.2. The molecule has 1 saturated heterocycles. The zero-order valence-corrected chi connectivity index (χ0v) is 17.8. The van der Waals surface area contributed by atoms with E-state index < -0.39 is 59.3 Å². The van der Waals surface area contributed by atoms with E-state index in [1.165, 1.54) is 12.3 Å². The van der Waals surface area contributed by atoms with Crippen LogP contribution in [0.4, 0.5) is 12.7 Å². The average Bonchev–Trinajstić information content (AvgIpc) is 2.97. The van der Waals surface area contributed by atoms with Crippen LogP contribution in [0.1, 0.15) is 42.1 Å². The molecule has 2 amide bonds. The zero-order chi connectivity index (χ0) is 23.0. The number of nitrogens with one attached hydrogen (secondary N) is 1. The SMILES string of the molecule is CC(C)c1ccc2nccc(C(=O)NCC(=O)N3CC(F)(F)CC3CS(=O)(=O)F)c2c1. The van der Waals surface area contributed by atoms with Gasteiger partial charge >= 0.3 is 10.2 Å². The van der Waals surface area contributed by atoms with Gasteiger partial charge in [0.1, 0.15) is 5.75 Å². The van der Waals surface area contributed by atoms with Crippen molar-refractivity contribution in [3.8, 4) is 0 Å². The van der Waals surface area contributed by atoms with E-state index in [2.05, 4.69) is 10.3 Å². The Kier molecular flexibility index (Phi) is 6.26. The fourth-order valence-corrected chi connectivity index (χ4v) is 4.40. The summed E-state index contributed by atoms with van der Waals surface area (Å²) in [5, 5.41) is 2.96. The summed E-state index contributed by atoms with van der Waals surface area (Å²) in [7, 11) is -5.06. The Balaban J connectivity index is 1.76. The number of likely N-dealkylation sites (tertiary alicyclic amines) is 1.